The molecule has 0 aromatic carbocycles. The summed E-state index contributed by atoms with van der Waals surface area (Å²) in [5, 5.41) is 1.51. The molecular weight excluding hydrogens is 286 g/mol. The highest BCUT2D eigenvalue weighted by molar-refractivity contribution is 7.80. The average molecular weight is 305 g/mol. The van der Waals surface area contributed by atoms with Crippen molar-refractivity contribution >= 4 is 30.6 Å². The fourth-order valence-electron chi connectivity index (χ4n) is 2.54. The Morgan fingerprint density at radius 2 is 1.71 bits per heavy atom. The molecule has 0 saturated carbocycles. The van der Waals surface area contributed by atoms with Crippen molar-refractivity contribution in [2.45, 2.75) is 31.7 Å². The zero-order valence-corrected chi connectivity index (χ0v) is 12.1. The van der Waals surface area contributed by atoms with Crippen molar-refractivity contribution in [1.82, 2.24) is 9.96 Å². The molecule has 1 N–H and O–H groups in total. The number of nitrogens with zero attached hydrogens (tertiary/aromatic N) is 2. The first-order valence-electron chi connectivity index (χ1n) is 5.76. The van der Waals surface area contributed by atoms with Crippen LogP contribution in [0.2, 0.25) is 0 Å². The van der Waals surface area contributed by atoms with Crippen molar-refractivity contribution in [3.63, 3.8) is 0 Å². The fourth-order valence-corrected chi connectivity index (χ4v) is 3.25. The maximum Gasteiger partial charge on any atom is 0.438 e. The quantitative estimate of drug-likeness (QED) is 0.811. The lowest BCUT2D eigenvalue weighted by atomic mass is 10.1. The highest BCUT2D eigenvalue weighted by atomic mass is 35.7. The van der Waals surface area contributed by atoms with Crippen molar-refractivity contribution in [3.8, 4) is 0 Å². The number of piperidine rings is 1. The summed E-state index contributed by atoms with van der Waals surface area (Å²) in [6, 6.07) is 0.607. The molecule has 8 heteroatoms. The molecule has 5 nitrogen and oxygen atoms in total. The maximum absolute atomic E-state index is 10.9. The lowest BCUT2D eigenvalue weighted by Gasteiger charge is -2.35. The normalized spacial score (nSPS) is 27.6. The number of hydrogen-bond donors (Lipinski definition) is 1. The van der Waals surface area contributed by atoms with Crippen LogP contribution in [-0.2, 0) is 9.19 Å². The van der Waals surface area contributed by atoms with E-state index in [4.69, 9.17) is 20.8 Å². The van der Waals surface area contributed by atoms with Crippen LogP contribution in [0.4, 0.5) is 0 Å². The van der Waals surface area contributed by atoms with Crippen LogP contribution in [0.15, 0.2) is 0 Å². The van der Waals surface area contributed by atoms with Gasteiger partial charge in [-0.15, -0.1) is 12.4 Å². The summed E-state index contributed by atoms with van der Waals surface area (Å²) >= 11 is 5.17. The Balaban J connectivity index is 0.00000144. The van der Waals surface area contributed by atoms with Gasteiger partial charge in [0.15, 0.2) is 0 Å². The number of hydroxylamine groups is 2. The molecule has 2 fully saturated rings. The van der Waals surface area contributed by atoms with Crippen molar-refractivity contribution < 1.29 is 14.1 Å². The molecule has 2 rings (SSSR count). The lowest BCUT2D eigenvalue weighted by molar-refractivity contribution is -0.0887. The minimum atomic E-state index is -3.89. The van der Waals surface area contributed by atoms with Gasteiger partial charge in [-0.2, -0.15) is 5.06 Å². The van der Waals surface area contributed by atoms with Crippen LogP contribution in [0.1, 0.15) is 25.7 Å². The van der Waals surface area contributed by atoms with Crippen molar-refractivity contribution in [1.29, 1.82) is 0 Å². The van der Waals surface area contributed by atoms with Gasteiger partial charge in [0.05, 0.1) is 0 Å². The number of likely N-dealkylation sites (tertiary alicyclic amines) is 1. The molecule has 1 atom stereocenters. The number of hydrogen-bond acceptors (Lipinski definition) is 4. The highest BCUT2D eigenvalue weighted by Gasteiger charge is 2.29. The van der Waals surface area contributed by atoms with Gasteiger partial charge < -0.3 is 9.79 Å². The van der Waals surface area contributed by atoms with Crippen LogP contribution in [0.25, 0.3) is 0 Å². The summed E-state index contributed by atoms with van der Waals surface area (Å²) in [6.07, 6.45) is 4.56. The van der Waals surface area contributed by atoms with E-state index in [0.29, 0.717) is 19.1 Å². The second-order valence-corrected chi connectivity index (χ2v) is 6.78. The Hall–Kier alpha value is 0.650. The van der Waals surface area contributed by atoms with Crippen LogP contribution >= 0.6 is 30.6 Å². The van der Waals surface area contributed by atoms with Gasteiger partial charge in [0.1, 0.15) is 0 Å². The minimum absolute atomic E-state index is 0. The second kappa shape index (κ2) is 6.71. The predicted octanol–water partition coefficient (Wildman–Crippen LogP) is 2.24. The van der Waals surface area contributed by atoms with Crippen LogP contribution in [-0.4, -0.2) is 47.1 Å². The first kappa shape index (κ1) is 15.7. The predicted molar refractivity (Wildman–Crippen MR) is 69.4 cm³/mol. The largest absolute Gasteiger partial charge is 0.438 e. The standard InChI is InChI=1S/C9H18ClN2O3P.ClH/c10-16(13,14)15-12-7-3-9(4-8-12)11-5-1-2-6-11;/h9H,1-8H2,(H,13,14);1H. The van der Waals surface area contributed by atoms with Crippen molar-refractivity contribution in [2.75, 3.05) is 26.2 Å². The van der Waals surface area contributed by atoms with E-state index in [-0.39, 0.29) is 12.4 Å². The van der Waals surface area contributed by atoms with Gasteiger partial charge in [-0.1, -0.05) is 0 Å². The second-order valence-electron chi connectivity index (χ2n) is 4.44. The Bertz CT molecular complexity index is 275. The molecule has 17 heavy (non-hydrogen) atoms. The molecule has 0 aromatic heterocycles. The van der Waals surface area contributed by atoms with Gasteiger partial charge in [0.2, 0.25) is 0 Å². The number of halogens is 2. The summed E-state index contributed by atoms with van der Waals surface area (Å²) < 4.78 is 15.6. The van der Waals surface area contributed by atoms with Gasteiger partial charge in [-0.05, 0) is 38.8 Å². The Morgan fingerprint density at radius 1 is 1.18 bits per heavy atom. The lowest BCUT2D eigenvalue weighted by Crippen LogP contribution is -2.43. The smallest absolute Gasteiger partial charge is 0.312 e. The summed E-state index contributed by atoms with van der Waals surface area (Å²) in [6.45, 7) is -0.149. The molecule has 1 unspecified atom stereocenters. The molecular formula is C9H19Cl2N2O3P. The third-order valence-electron chi connectivity index (χ3n) is 3.30. The average Bonchev–Trinajstić information content (AvgIpc) is 2.69. The van der Waals surface area contributed by atoms with Gasteiger partial charge in [-0.25, -0.2) is 9.19 Å². The van der Waals surface area contributed by atoms with Crippen LogP contribution in [0.5, 0.6) is 0 Å². The Kier molecular flexibility index (Phi) is 6.20. The first-order chi connectivity index (χ1) is 7.54. The van der Waals surface area contributed by atoms with Gasteiger partial charge in [-0.3, -0.25) is 0 Å². The molecule has 2 heterocycles. The molecule has 2 aliphatic rings. The van der Waals surface area contributed by atoms with E-state index in [1.165, 1.54) is 31.0 Å². The minimum Gasteiger partial charge on any atom is -0.312 e. The van der Waals surface area contributed by atoms with Crippen LogP contribution in [0.3, 0.4) is 0 Å². The Morgan fingerprint density at radius 3 is 2.18 bits per heavy atom. The van der Waals surface area contributed by atoms with Gasteiger partial charge >= 0.3 is 6.95 Å². The molecule has 0 aliphatic carbocycles. The summed E-state index contributed by atoms with van der Waals surface area (Å²) in [5.41, 5.74) is 0. The molecule has 0 amide bonds. The van der Waals surface area contributed by atoms with E-state index in [2.05, 4.69) is 4.90 Å². The maximum atomic E-state index is 10.9. The van der Waals surface area contributed by atoms with E-state index in [9.17, 15) is 4.57 Å². The SMILES string of the molecule is Cl.O=P(O)(Cl)ON1CCC(N2CCCC2)CC1. The van der Waals surface area contributed by atoms with Gasteiger partial charge in [0, 0.05) is 30.4 Å². The molecule has 0 spiro atoms. The zero-order chi connectivity index (χ0) is 11.6. The third-order valence-corrected chi connectivity index (χ3v) is 3.91. The van der Waals surface area contributed by atoms with E-state index < -0.39 is 6.95 Å². The van der Waals surface area contributed by atoms with E-state index in [0.717, 1.165) is 12.8 Å². The zero-order valence-electron chi connectivity index (χ0n) is 9.63. The summed E-state index contributed by atoms with van der Waals surface area (Å²) in [5.74, 6) is 0. The summed E-state index contributed by atoms with van der Waals surface area (Å²) in [7, 11) is 0. The van der Waals surface area contributed by atoms with Crippen LogP contribution < -0.4 is 0 Å². The molecule has 0 bridgehead atoms. The van der Waals surface area contributed by atoms with E-state index in [1.807, 2.05) is 0 Å². The molecule has 0 radical (unpaired) electrons. The fraction of sp³-hybridized carbons (Fsp3) is 1.00. The number of rotatable bonds is 3. The van der Waals surface area contributed by atoms with E-state index in [1.54, 1.807) is 0 Å². The molecule has 2 aliphatic heterocycles. The van der Waals surface area contributed by atoms with Crippen molar-refractivity contribution in [2.24, 2.45) is 0 Å². The van der Waals surface area contributed by atoms with Crippen LogP contribution in [0, 0.1) is 0 Å². The first-order valence-corrected chi connectivity index (χ1v) is 8.24. The summed E-state index contributed by atoms with van der Waals surface area (Å²) in [4.78, 5) is 11.4. The molecule has 0 aromatic rings. The van der Waals surface area contributed by atoms with Gasteiger partial charge in [0.25, 0.3) is 0 Å². The van der Waals surface area contributed by atoms with E-state index >= 15 is 0 Å². The molecule has 2 saturated heterocycles. The monoisotopic (exact) mass is 304 g/mol. The Labute approximate surface area is 113 Å². The third kappa shape index (κ3) is 5.03. The highest BCUT2D eigenvalue weighted by Crippen LogP contribution is 2.48. The van der Waals surface area contributed by atoms with Crippen molar-refractivity contribution in [3.05, 3.63) is 0 Å². The topological polar surface area (TPSA) is 53.0 Å². The molecule has 102 valence electrons.